The molecule has 1 aromatic carbocycles. The van der Waals surface area contributed by atoms with E-state index in [9.17, 15) is 9.59 Å². The molecule has 0 spiro atoms. The molecule has 4 aliphatic rings. The summed E-state index contributed by atoms with van der Waals surface area (Å²) in [5.41, 5.74) is 1.40. The van der Waals surface area contributed by atoms with Crippen LogP contribution in [0.5, 0.6) is 0 Å². The number of amides is 2. The van der Waals surface area contributed by atoms with Crippen LogP contribution in [0.1, 0.15) is 59.2 Å². The van der Waals surface area contributed by atoms with Gasteiger partial charge in [-0.15, -0.1) is 0 Å². The molecule has 5 rings (SSSR count). The maximum Gasteiger partial charge on any atom is 0.253 e. The van der Waals surface area contributed by atoms with Crippen molar-refractivity contribution >= 4 is 11.8 Å². The molecule has 0 saturated carbocycles. The van der Waals surface area contributed by atoms with Crippen LogP contribution in [0, 0.1) is 0 Å². The third-order valence-electron chi connectivity index (χ3n) is 7.59. The standard InChI is InChI=1S/C24H34N4O2/c29-23(27-15-9-21(17-27)25-11-1-2-12-25)19-5-7-20(8-6-19)24(30)28-16-10-22(18-28)26-13-3-4-14-26/h5-8,21-22H,1-4,9-18H2. The smallest absolute Gasteiger partial charge is 0.253 e. The van der Waals surface area contributed by atoms with Gasteiger partial charge in [0.1, 0.15) is 0 Å². The summed E-state index contributed by atoms with van der Waals surface area (Å²) in [5.74, 6) is 0.205. The van der Waals surface area contributed by atoms with Gasteiger partial charge in [0.05, 0.1) is 0 Å². The van der Waals surface area contributed by atoms with E-state index < -0.39 is 0 Å². The Morgan fingerprint density at radius 2 is 0.967 bits per heavy atom. The van der Waals surface area contributed by atoms with E-state index in [1.807, 2.05) is 34.1 Å². The number of likely N-dealkylation sites (tertiary alicyclic amines) is 4. The lowest BCUT2D eigenvalue weighted by Gasteiger charge is -2.24. The largest absolute Gasteiger partial charge is 0.337 e. The first-order valence-corrected chi connectivity index (χ1v) is 11.9. The van der Waals surface area contributed by atoms with Crippen LogP contribution in [0.15, 0.2) is 24.3 Å². The van der Waals surface area contributed by atoms with E-state index in [1.165, 1.54) is 51.9 Å². The molecule has 2 atom stereocenters. The summed E-state index contributed by atoms with van der Waals surface area (Å²) < 4.78 is 0. The zero-order chi connectivity index (χ0) is 20.5. The summed E-state index contributed by atoms with van der Waals surface area (Å²) in [7, 11) is 0. The van der Waals surface area contributed by atoms with Gasteiger partial charge in [-0.05, 0) is 89.0 Å². The van der Waals surface area contributed by atoms with Crippen molar-refractivity contribution in [2.24, 2.45) is 0 Å². The highest BCUT2D eigenvalue weighted by Crippen LogP contribution is 2.24. The molecule has 2 amide bonds. The lowest BCUT2D eigenvalue weighted by atomic mass is 10.1. The van der Waals surface area contributed by atoms with Gasteiger partial charge in [0.15, 0.2) is 0 Å². The van der Waals surface area contributed by atoms with Gasteiger partial charge in [-0.1, -0.05) is 0 Å². The Bertz CT molecular complexity index is 703. The number of benzene rings is 1. The molecule has 6 heteroatoms. The second kappa shape index (κ2) is 8.67. The van der Waals surface area contributed by atoms with E-state index in [0.717, 1.165) is 39.0 Å². The fraction of sp³-hybridized carbons (Fsp3) is 0.667. The number of carbonyl (C=O) groups is 2. The van der Waals surface area contributed by atoms with Crippen LogP contribution in [0.2, 0.25) is 0 Å². The van der Waals surface area contributed by atoms with Crippen molar-refractivity contribution in [2.75, 3.05) is 52.4 Å². The zero-order valence-electron chi connectivity index (χ0n) is 18.0. The molecule has 0 N–H and O–H groups in total. The van der Waals surface area contributed by atoms with Crippen LogP contribution in [0.4, 0.5) is 0 Å². The molecule has 0 radical (unpaired) electrons. The van der Waals surface area contributed by atoms with E-state index in [1.54, 1.807) is 0 Å². The number of carbonyl (C=O) groups excluding carboxylic acids is 2. The van der Waals surface area contributed by atoms with Crippen LogP contribution >= 0.6 is 0 Å². The molecule has 1 aromatic rings. The van der Waals surface area contributed by atoms with Gasteiger partial charge in [0.2, 0.25) is 0 Å². The van der Waals surface area contributed by atoms with Crippen molar-refractivity contribution in [3.05, 3.63) is 35.4 Å². The van der Waals surface area contributed by atoms with E-state index in [2.05, 4.69) is 9.80 Å². The van der Waals surface area contributed by atoms with E-state index in [0.29, 0.717) is 23.2 Å². The molecule has 4 aliphatic heterocycles. The predicted octanol–water partition coefficient (Wildman–Crippen LogP) is 2.31. The minimum atomic E-state index is 0.103. The van der Waals surface area contributed by atoms with E-state index in [4.69, 9.17) is 0 Å². The van der Waals surface area contributed by atoms with Gasteiger partial charge < -0.3 is 9.80 Å². The second-order valence-electron chi connectivity index (χ2n) is 9.45. The number of nitrogens with zero attached hydrogens (tertiary/aromatic N) is 4. The molecule has 6 nitrogen and oxygen atoms in total. The Labute approximate surface area is 179 Å². The Balaban J connectivity index is 1.17. The van der Waals surface area contributed by atoms with Gasteiger partial charge in [-0.2, -0.15) is 0 Å². The molecule has 4 heterocycles. The van der Waals surface area contributed by atoms with Gasteiger partial charge >= 0.3 is 0 Å². The molecule has 162 valence electrons. The number of rotatable bonds is 4. The molecule has 30 heavy (non-hydrogen) atoms. The fourth-order valence-corrected chi connectivity index (χ4v) is 5.78. The van der Waals surface area contributed by atoms with Crippen LogP contribution in [0.3, 0.4) is 0 Å². The monoisotopic (exact) mass is 410 g/mol. The third-order valence-corrected chi connectivity index (χ3v) is 7.59. The quantitative estimate of drug-likeness (QED) is 0.764. The van der Waals surface area contributed by atoms with Crippen molar-refractivity contribution in [1.29, 1.82) is 0 Å². The molecule has 4 fully saturated rings. The Kier molecular flexibility index (Phi) is 5.79. The molecule has 0 aliphatic carbocycles. The average molecular weight is 411 g/mol. The van der Waals surface area contributed by atoms with Gasteiger partial charge in [-0.25, -0.2) is 0 Å². The minimum Gasteiger partial charge on any atom is -0.337 e. The lowest BCUT2D eigenvalue weighted by Crippen LogP contribution is -2.37. The van der Waals surface area contributed by atoms with Gasteiger partial charge in [0.25, 0.3) is 11.8 Å². The van der Waals surface area contributed by atoms with Crippen molar-refractivity contribution in [3.8, 4) is 0 Å². The minimum absolute atomic E-state index is 0.103. The van der Waals surface area contributed by atoms with Crippen LogP contribution in [-0.4, -0.2) is 95.9 Å². The maximum absolute atomic E-state index is 12.9. The molecule has 4 saturated heterocycles. The Hall–Kier alpha value is -1.92. The van der Waals surface area contributed by atoms with Crippen LogP contribution in [-0.2, 0) is 0 Å². The van der Waals surface area contributed by atoms with Crippen molar-refractivity contribution < 1.29 is 9.59 Å². The summed E-state index contributed by atoms with van der Waals surface area (Å²) in [6, 6.07) is 8.41. The van der Waals surface area contributed by atoms with E-state index in [-0.39, 0.29) is 11.8 Å². The van der Waals surface area contributed by atoms with Crippen LogP contribution < -0.4 is 0 Å². The predicted molar refractivity (Wildman–Crippen MR) is 117 cm³/mol. The fourth-order valence-electron chi connectivity index (χ4n) is 5.78. The van der Waals surface area contributed by atoms with Crippen molar-refractivity contribution in [2.45, 2.75) is 50.6 Å². The molecule has 0 aromatic heterocycles. The molecule has 2 unspecified atom stereocenters. The Morgan fingerprint density at radius 1 is 0.600 bits per heavy atom. The van der Waals surface area contributed by atoms with Gasteiger partial charge in [-0.3, -0.25) is 19.4 Å². The summed E-state index contributed by atoms with van der Waals surface area (Å²) in [6.45, 7) is 8.07. The lowest BCUT2D eigenvalue weighted by molar-refractivity contribution is 0.0768. The first kappa shape index (κ1) is 20.0. The molecule has 0 bridgehead atoms. The summed E-state index contributed by atoms with van der Waals surface area (Å²) in [5, 5.41) is 0. The number of hydrogen-bond acceptors (Lipinski definition) is 4. The van der Waals surface area contributed by atoms with E-state index >= 15 is 0 Å². The second-order valence-corrected chi connectivity index (χ2v) is 9.45. The number of hydrogen-bond donors (Lipinski definition) is 0. The van der Waals surface area contributed by atoms with Crippen molar-refractivity contribution in [1.82, 2.24) is 19.6 Å². The van der Waals surface area contributed by atoms with Crippen molar-refractivity contribution in [3.63, 3.8) is 0 Å². The SMILES string of the molecule is O=C(c1ccc(C(=O)N2CCC(N3CCCC3)C2)cc1)N1CCC(N2CCCC2)C1. The average Bonchev–Trinajstić information content (AvgIpc) is 3.59. The highest BCUT2D eigenvalue weighted by molar-refractivity contribution is 5.98. The summed E-state index contributed by atoms with van der Waals surface area (Å²) in [6.07, 6.45) is 7.31. The first-order chi connectivity index (χ1) is 14.7. The third kappa shape index (κ3) is 4.00. The zero-order valence-corrected chi connectivity index (χ0v) is 18.0. The highest BCUT2D eigenvalue weighted by atomic mass is 16.2. The molecular weight excluding hydrogens is 376 g/mol. The van der Waals surface area contributed by atoms with Gasteiger partial charge in [0, 0.05) is 49.4 Å². The molecular formula is C24H34N4O2. The summed E-state index contributed by atoms with van der Waals surface area (Å²) >= 11 is 0. The van der Waals surface area contributed by atoms with Crippen LogP contribution in [0.25, 0.3) is 0 Å². The maximum atomic E-state index is 12.9. The normalized spacial score (nSPS) is 28.0. The topological polar surface area (TPSA) is 47.1 Å². The highest BCUT2D eigenvalue weighted by Gasteiger charge is 2.33. The summed E-state index contributed by atoms with van der Waals surface area (Å²) in [4.78, 5) is 34.9. The first-order valence-electron chi connectivity index (χ1n) is 11.9. The Morgan fingerprint density at radius 3 is 1.33 bits per heavy atom.